The van der Waals surface area contributed by atoms with Crippen molar-refractivity contribution in [3.05, 3.63) is 59.3 Å². The quantitative estimate of drug-likeness (QED) is 0.902. The molecule has 2 heterocycles. The summed E-state index contributed by atoms with van der Waals surface area (Å²) in [5.41, 5.74) is 0.508. The zero-order valence-corrected chi connectivity index (χ0v) is 13.8. The first-order valence-corrected chi connectivity index (χ1v) is 8.03. The fourth-order valence-corrected chi connectivity index (χ4v) is 2.95. The van der Waals surface area contributed by atoms with Gasteiger partial charge in [0, 0.05) is 37.9 Å². The molecule has 0 bridgehead atoms. The van der Waals surface area contributed by atoms with Gasteiger partial charge in [-0.05, 0) is 24.1 Å². The Balaban J connectivity index is 1.56. The lowest BCUT2D eigenvalue weighted by Crippen LogP contribution is -2.37. The van der Waals surface area contributed by atoms with E-state index in [9.17, 15) is 13.6 Å². The lowest BCUT2D eigenvalue weighted by atomic mass is 10.1. The summed E-state index contributed by atoms with van der Waals surface area (Å²) in [7, 11) is 1.56. The summed E-state index contributed by atoms with van der Waals surface area (Å²) >= 11 is 0. The van der Waals surface area contributed by atoms with Crippen molar-refractivity contribution in [3.63, 3.8) is 0 Å². The topological polar surface area (TPSA) is 54.5 Å². The van der Waals surface area contributed by atoms with Gasteiger partial charge in [0.25, 0.3) is 5.91 Å². The molecule has 1 saturated heterocycles. The van der Waals surface area contributed by atoms with Crippen molar-refractivity contribution in [3.8, 4) is 5.88 Å². The molecule has 1 aromatic heterocycles. The van der Waals surface area contributed by atoms with Crippen LogP contribution in [0.3, 0.4) is 0 Å². The molecule has 5 nitrogen and oxygen atoms in total. The number of carbonyl (C=O) groups excluding carboxylic acids is 1. The molecule has 132 valence electrons. The third kappa shape index (κ3) is 4.11. The number of methoxy groups -OCH3 is 1. The molecule has 1 amide bonds. The zero-order chi connectivity index (χ0) is 17.8. The van der Waals surface area contributed by atoms with Crippen LogP contribution < -0.4 is 10.1 Å². The second-order valence-corrected chi connectivity index (χ2v) is 6.00. The average molecular weight is 347 g/mol. The average Bonchev–Trinajstić information content (AvgIpc) is 3.02. The molecular formula is C18H19F2N3O2. The number of nitrogens with one attached hydrogen (secondary N) is 1. The van der Waals surface area contributed by atoms with Crippen molar-refractivity contribution in [2.45, 2.75) is 19.0 Å². The number of nitrogens with zero attached hydrogens (tertiary/aromatic N) is 2. The van der Waals surface area contributed by atoms with Gasteiger partial charge in [-0.1, -0.05) is 12.1 Å². The van der Waals surface area contributed by atoms with Crippen LogP contribution in [-0.2, 0) is 6.54 Å². The van der Waals surface area contributed by atoms with Crippen LogP contribution in [0, 0.1) is 11.6 Å². The van der Waals surface area contributed by atoms with E-state index in [0.717, 1.165) is 30.7 Å². The van der Waals surface area contributed by atoms with E-state index in [2.05, 4.69) is 15.2 Å². The highest BCUT2D eigenvalue weighted by Crippen LogP contribution is 2.17. The molecule has 1 fully saturated rings. The Hall–Kier alpha value is -2.54. The number of hydrogen-bond acceptors (Lipinski definition) is 4. The zero-order valence-electron chi connectivity index (χ0n) is 13.8. The molecule has 3 rings (SSSR count). The molecule has 0 aliphatic carbocycles. The van der Waals surface area contributed by atoms with Crippen LogP contribution in [-0.4, -0.2) is 42.0 Å². The smallest absolute Gasteiger partial charge is 0.257 e. The minimum atomic E-state index is -0.850. The summed E-state index contributed by atoms with van der Waals surface area (Å²) < 4.78 is 32.4. The predicted molar refractivity (Wildman–Crippen MR) is 88.3 cm³/mol. The summed E-state index contributed by atoms with van der Waals surface area (Å²) in [6.45, 7) is 2.10. The third-order valence-electron chi connectivity index (χ3n) is 4.21. The minimum Gasteiger partial charge on any atom is -0.481 e. The molecule has 0 spiro atoms. The van der Waals surface area contributed by atoms with E-state index >= 15 is 0 Å². The van der Waals surface area contributed by atoms with E-state index in [4.69, 9.17) is 4.74 Å². The molecule has 7 heteroatoms. The van der Waals surface area contributed by atoms with E-state index in [1.807, 2.05) is 6.07 Å². The Morgan fingerprint density at radius 2 is 2.08 bits per heavy atom. The lowest BCUT2D eigenvalue weighted by molar-refractivity contribution is 0.0929. The van der Waals surface area contributed by atoms with Gasteiger partial charge in [-0.3, -0.25) is 9.69 Å². The molecule has 1 atom stereocenters. The summed E-state index contributed by atoms with van der Waals surface area (Å²) in [6, 6.07) is 6.99. The Labute approximate surface area is 144 Å². The number of aromatic nitrogens is 1. The van der Waals surface area contributed by atoms with E-state index in [1.54, 1.807) is 19.4 Å². The van der Waals surface area contributed by atoms with Gasteiger partial charge >= 0.3 is 0 Å². The van der Waals surface area contributed by atoms with Crippen LogP contribution in [0.2, 0.25) is 0 Å². The third-order valence-corrected chi connectivity index (χ3v) is 4.21. The van der Waals surface area contributed by atoms with Crippen molar-refractivity contribution < 1.29 is 18.3 Å². The number of hydrogen-bond donors (Lipinski definition) is 1. The normalized spacial score (nSPS) is 17.5. The van der Waals surface area contributed by atoms with Gasteiger partial charge < -0.3 is 10.1 Å². The lowest BCUT2D eigenvalue weighted by Gasteiger charge is -2.17. The standard InChI is InChI=1S/C18H19F2N3O2/c1-25-16-6-5-12(9-21-16)10-23-8-7-13(11-23)22-18(24)17-14(19)3-2-4-15(17)20/h2-6,9,13H,7-8,10-11H2,1H3,(H,22,24). The first-order valence-electron chi connectivity index (χ1n) is 8.03. The summed E-state index contributed by atoms with van der Waals surface area (Å²) in [6.07, 6.45) is 2.48. The molecule has 0 saturated carbocycles. The molecule has 1 aliphatic rings. The molecule has 1 unspecified atom stereocenters. The highest BCUT2D eigenvalue weighted by molar-refractivity contribution is 5.94. The Bertz CT molecular complexity index is 732. The molecular weight excluding hydrogens is 328 g/mol. The number of ether oxygens (including phenoxy) is 1. The van der Waals surface area contributed by atoms with Crippen LogP contribution in [0.4, 0.5) is 8.78 Å². The van der Waals surface area contributed by atoms with Gasteiger partial charge in [0.1, 0.15) is 17.2 Å². The van der Waals surface area contributed by atoms with Crippen molar-refractivity contribution in [2.75, 3.05) is 20.2 Å². The van der Waals surface area contributed by atoms with Crippen molar-refractivity contribution in [1.29, 1.82) is 0 Å². The highest BCUT2D eigenvalue weighted by atomic mass is 19.1. The number of benzene rings is 1. The molecule has 2 aromatic rings. The van der Waals surface area contributed by atoms with Crippen LogP contribution >= 0.6 is 0 Å². The number of halogens is 2. The van der Waals surface area contributed by atoms with Crippen molar-refractivity contribution in [2.24, 2.45) is 0 Å². The number of amides is 1. The number of rotatable bonds is 5. The maximum absolute atomic E-state index is 13.7. The van der Waals surface area contributed by atoms with Crippen molar-refractivity contribution >= 4 is 5.91 Å². The van der Waals surface area contributed by atoms with Crippen molar-refractivity contribution in [1.82, 2.24) is 15.2 Å². The van der Waals surface area contributed by atoms with Gasteiger partial charge in [0.15, 0.2) is 0 Å². The number of likely N-dealkylation sites (tertiary alicyclic amines) is 1. The van der Waals surface area contributed by atoms with Crippen LogP contribution in [0.15, 0.2) is 36.5 Å². The summed E-state index contributed by atoms with van der Waals surface area (Å²) in [5.74, 6) is -1.86. The van der Waals surface area contributed by atoms with Crippen LogP contribution in [0.1, 0.15) is 22.3 Å². The summed E-state index contributed by atoms with van der Waals surface area (Å²) in [4.78, 5) is 18.5. The molecule has 0 radical (unpaired) electrons. The minimum absolute atomic E-state index is 0.141. The largest absolute Gasteiger partial charge is 0.481 e. The first kappa shape index (κ1) is 17.3. The van der Waals surface area contributed by atoms with Crippen LogP contribution in [0.25, 0.3) is 0 Å². The first-order chi connectivity index (χ1) is 12.1. The fraction of sp³-hybridized carbons (Fsp3) is 0.333. The van der Waals surface area contributed by atoms with Crippen LogP contribution in [0.5, 0.6) is 5.88 Å². The van der Waals surface area contributed by atoms with Gasteiger partial charge in [0.05, 0.1) is 7.11 Å². The van der Waals surface area contributed by atoms with E-state index in [1.165, 1.54) is 6.07 Å². The second kappa shape index (κ2) is 7.57. The summed E-state index contributed by atoms with van der Waals surface area (Å²) in [5, 5.41) is 2.71. The molecule has 1 N–H and O–H groups in total. The fourth-order valence-electron chi connectivity index (χ4n) is 2.95. The Kier molecular flexibility index (Phi) is 5.23. The Morgan fingerprint density at radius 3 is 2.72 bits per heavy atom. The maximum atomic E-state index is 13.7. The number of carbonyl (C=O) groups is 1. The molecule has 1 aromatic carbocycles. The molecule has 1 aliphatic heterocycles. The number of pyridine rings is 1. The molecule has 25 heavy (non-hydrogen) atoms. The monoisotopic (exact) mass is 347 g/mol. The highest BCUT2D eigenvalue weighted by Gasteiger charge is 2.26. The van der Waals surface area contributed by atoms with Gasteiger partial charge in [-0.2, -0.15) is 0 Å². The van der Waals surface area contributed by atoms with Gasteiger partial charge in [-0.15, -0.1) is 0 Å². The van der Waals surface area contributed by atoms with E-state index < -0.39 is 23.1 Å². The Morgan fingerprint density at radius 1 is 1.32 bits per heavy atom. The predicted octanol–water partition coefficient (Wildman–Crippen LogP) is 2.37. The van der Waals surface area contributed by atoms with Gasteiger partial charge in [0.2, 0.25) is 5.88 Å². The maximum Gasteiger partial charge on any atom is 0.257 e. The second-order valence-electron chi connectivity index (χ2n) is 6.00. The SMILES string of the molecule is COc1ccc(CN2CCC(NC(=O)c3c(F)cccc3F)C2)cn1. The van der Waals surface area contributed by atoms with E-state index in [-0.39, 0.29) is 6.04 Å². The van der Waals surface area contributed by atoms with E-state index in [0.29, 0.717) is 19.0 Å². The van der Waals surface area contributed by atoms with Gasteiger partial charge in [-0.25, -0.2) is 13.8 Å².